The SMILES string of the molecule is NC(=O)c1ncc(N2CCCCC2)nc1Nc1ccc(N2CCN(C3CCCC3)CC2)cc1. The van der Waals surface area contributed by atoms with E-state index >= 15 is 0 Å². The van der Waals surface area contributed by atoms with Crippen molar-refractivity contribution in [2.24, 2.45) is 5.73 Å². The topological polar surface area (TPSA) is 90.6 Å². The summed E-state index contributed by atoms with van der Waals surface area (Å²) in [6.45, 7) is 6.35. The highest BCUT2D eigenvalue weighted by Crippen LogP contribution is 2.27. The molecule has 3 heterocycles. The van der Waals surface area contributed by atoms with Crippen molar-refractivity contribution in [1.29, 1.82) is 0 Å². The maximum absolute atomic E-state index is 11.9. The number of piperazine rings is 1. The van der Waals surface area contributed by atoms with Crippen LogP contribution in [0.4, 0.5) is 23.0 Å². The Morgan fingerprint density at radius 3 is 2.24 bits per heavy atom. The van der Waals surface area contributed by atoms with Gasteiger partial charge in [-0.1, -0.05) is 12.8 Å². The smallest absolute Gasteiger partial charge is 0.271 e. The molecule has 2 aromatic rings. The minimum absolute atomic E-state index is 0.169. The number of benzene rings is 1. The van der Waals surface area contributed by atoms with Crippen molar-refractivity contribution in [2.75, 3.05) is 54.4 Å². The fourth-order valence-corrected chi connectivity index (χ4v) is 5.43. The fourth-order valence-electron chi connectivity index (χ4n) is 5.43. The van der Waals surface area contributed by atoms with E-state index in [0.717, 1.165) is 69.7 Å². The number of nitrogens with two attached hydrogens (primary N) is 1. The van der Waals surface area contributed by atoms with Crippen molar-refractivity contribution >= 4 is 28.9 Å². The standard InChI is InChI=1S/C25H35N7O/c26-24(33)23-25(29-22(18-27-23)32-12-4-1-5-13-32)28-19-8-10-21(11-9-19)31-16-14-30(15-17-31)20-6-2-3-7-20/h8-11,18,20H,1-7,12-17H2,(H2,26,33)(H,28,29). The van der Waals surface area contributed by atoms with Crippen molar-refractivity contribution in [3.05, 3.63) is 36.2 Å². The predicted octanol–water partition coefficient (Wildman–Crippen LogP) is 3.37. The van der Waals surface area contributed by atoms with Gasteiger partial charge in [-0.25, -0.2) is 9.97 Å². The molecular formula is C25H35N7O. The molecule has 5 rings (SSSR count). The highest BCUT2D eigenvalue weighted by atomic mass is 16.1. The van der Waals surface area contributed by atoms with Gasteiger partial charge in [-0.3, -0.25) is 9.69 Å². The molecule has 3 fully saturated rings. The zero-order valence-corrected chi connectivity index (χ0v) is 19.4. The van der Waals surface area contributed by atoms with E-state index < -0.39 is 5.91 Å². The summed E-state index contributed by atoms with van der Waals surface area (Å²) in [6, 6.07) is 9.16. The van der Waals surface area contributed by atoms with Gasteiger partial charge in [0.25, 0.3) is 5.91 Å². The fraction of sp³-hybridized carbons (Fsp3) is 0.560. The summed E-state index contributed by atoms with van der Waals surface area (Å²) in [6.07, 6.45) is 10.7. The molecule has 2 aliphatic heterocycles. The van der Waals surface area contributed by atoms with Crippen LogP contribution in [0.3, 0.4) is 0 Å². The van der Waals surface area contributed by atoms with Gasteiger partial charge in [-0.2, -0.15) is 0 Å². The Bertz CT molecular complexity index is 944. The number of hydrogen-bond acceptors (Lipinski definition) is 7. The Morgan fingerprint density at radius 2 is 1.58 bits per heavy atom. The Morgan fingerprint density at radius 1 is 0.879 bits per heavy atom. The number of hydrogen-bond donors (Lipinski definition) is 2. The molecule has 0 radical (unpaired) electrons. The van der Waals surface area contributed by atoms with Crippen molar-refractivity contribution < 1.29 is 4.79 Å². The molecule has 0 bridgehead atoms. The number of nitrogens with one attached hydrogen (secondary N) is 1. The molecule has 2 saturated heterocycles. The molecule has 0 atom stereocenters. The first-order valence-electron chi connectivity index (χ1n) is 12.5. The molecule has 1 aromatic carbocycles. The summed E-state index contributed by atoms with van der Waals surface area (Å²) in [5.74, 6) is 0.634. The Kier molecular flexibility index (Phi) is 6.62. The minimum Gasteiger partial charge on any atom is -0.369 e. The van der Waals surface area contributed by atoms with Crippen LogP contribution in [-0.2, 0) is 0 Å². The molecule has 1 aromatic heterocycles. The lowest BCUT2D eigenvalue weighted by Gasteiger charge is -2.39. The van der Waals surface area contributed by atoms with Gasteiger partial charge in [-0.15, -0.1) is 0 Å². The molecule has 8 heteroatoms. The average Bonchev–Trinajstić information content (AvgIpc) is 3.40. The van der Waals surface area contributed by atoms with E-state index in [-0.39, 0.29) is 5.69 Å². The lowest BCUT2D eigenvalue weighted by molar-refractivity contribution is 0.0996. The van der Waals surface area contributed by atoms with E-state index in [9.17, 15) is 4.79 Å². The third-order valence-electron chi connectivity index (χ3n) is 7.32. The minimum atomic E-state index is -0.577. The van der Waals surface area contributed by atoms with Crippen LogP contribution < -0.4 is 20.9 Å². The summed E-state index contributed by atoms with van der Waals surface area (Å²) in [5, 5.41) is 3.28. The summed E-state index contributed by atoms with van der Waals surface area (Å²) in [4.78, 5) is 28.3. The first-order chi connectivity index (χ1) is 16.2. The first kappa shape index (κ1) is 21.9. The molecule has 1 amide bonds. The van der Waals surface area contributed by atoms with E-state index in [4.69, 9.17) is 10.7 Å². The monoisotopic (exact) mass is 449 g/mol. The van der Waals surface area contributed by atoms with Crippen molar-refractivity contribution in [3.63, 3.8) is 0 Å². The summed E-state index contributed by atoms with van der Waals surface area (Å²) < 4.78 is 0. The zero-order valence-electron chi connectivity index (χ0n) is 19.4. The summed E-state index contributed by atoms with van der Waals surface area (Å²) in [5.41, 5.74) is 7.84. The van der Waals surface area contributed by atoms with Gasteiger partial charge >= 0.3 is 0 Å². The van der Waals surface area contributed by atoms with Crippen molar-refractivity contribution in [2.45, 2.75) is 51.0 Å². The van der Waals surface area contributed by atoms with Gasteiger partial charge in [-0.05, 0) is 56.4 Å². The number of anilines is 4. The summed E-state index contributed by atoms with van der Waals surface area (Å²) in [7, 11) is 0. The van der Waals surface area contributed by atoms with Gasteiger partial charge in [0.05, 0.1) is 6.20 Å². The molecule has 176 valence electrons. The second-order valence-corrected chi connectivity index (χ2v) is 9.47. The highest BCUT2D eigenvalue weighted by molar-refractivity contribution is 5.96. The van der Waals surface area contributed by atoms with E-state index in [1.807, 2.05) is 12.1 Å². The Labute approximate surface area is 196 Å². The molecule has 3 N–H and O–H groups in total. The van der Waals surface area contributed by atoms with Crippen molar-refractivity contribution in [3.8, 4) is 0 Å². The van der Waals surface area contributed by atoms with Crippen LogP contribution >= 0.6 is 0 Å². The van der Waals surface area contributed by atoms with E-state index in [1.54, 1.807) is 6.20 Å². The lowest BCUT2D eigenvalue weighted by Crippen LogP contribution is -2.49. The second kappa shape index (κ2) is 9.95. The van der Waals surface area contributed by atoms with Crippen LogP contribution in [0, 0.1) is 0 Å². The van der Waals surface area contributed by atoms with E-state index in [2.05, 4.69) is 37.1 Å². The molecular weight excluding hydrogens is 414 g/mol. The molecule has 0 unspecified atom stereocenters. The van der Waals surface area contributed by atoms with Crippen LogP contribution in [0.2, 0.25) is 0 Å². The van der Waals surface area contributed by atoms with Crippen LogP contribution in [0.5, 0.6) is 0 Å². The molecule has 0 spiro atoms. The van der Waals surface area contributed by atoms with E-state index in [1.165, 1.54) is 37.8 Å². The quantitative estimate of drug-likeness (QED) is 0.699. The zero-order chi connectivity index (χ0) is 22.6. The molecule has 1 saturated carbocycles. The molecule has 1 aliphatic carbocycles. The maximum Gasteiger partial charge on any atom is 0.271 e. The lowest BCUT2D eigenvalue weighted by atomic mass is 10.1. The number of aromatic nitrogens is 2. The summed E-state index contributed by atoms with van der Waals surface area (Å²) >= 11 is 0. The number of amides is 1. The number of piperidine rings is 1. The molecule has 8 nitrogen and oxygen atoms in total. The number of nitrogens with zero attached hydrogens (tertiary/aromatic N) is 5. The van der Waals surface area contributed by atoms with Gasteiger partial charge < -0.3 is 20.9 Å². The van der Waals surface area contributed by atoms with Crippen LogP contribution in [0.15, 0.2) is 30.5 Å². The third kappa shape index (κ3) is 5.05. The Balaban J connectivity index is 1.25. The number of carbonyl (C=O) groups excluding carboxylic acids is 1. The van der Waals surface area contributed by atoms with Crippen LogP contribution in [0.25, 0.3) is 0 Å². The second-order valence-electron chi connectivity index (χ2n) is 9.47. The first-order valence-corrected chi connectivity index (χ1v) is 12.5. The molecule has 3 aliphatic rings. The van der Waals surface area contributed by atoms with Crippen LogP contribution in [-0.4, -0.2) is 66.1 Å². The molecule has 33 heavy (non-hydrogen) atoms. The maximum atomic E-state index is 11.9. The largest absolute Gasteiger partial charge is 0.369 e. The Hall–Kier alpha value is -2.87. The predicted molar refractivity (Wildman–Crippen MR) is 132 cm³/mol. The number of rotatable bonds is 6. The number of carbonyl (C=O) groups is 1. The highest BCUT2D eigenvalue weighted by Gasteiger charge is 2.26. The average molecular weight is 450 g/mol. The van der Waals surface area contributed by atoms with Gasteiger partial charge in [0.1, 0.15) is 5.82 Å². The normalized spacial score (nSPS) is 20.2. The van der Waals surface area contributed by atoms with Crippen LogP contribution in [0.1, 0.15) is 55.4 Å². The van der Waals surface area contributed by atoms with E-state index in [0.29, 0.717) is 5.82 Å². The number of primary amides is 1. The van der Waals surface area contributed by atoms with Gasteiger partial charge in [0.15, 0.2) is 11.5 Å². The third-order valence-corrected chi connectivity index (χ3v) is 7.32. The van der Waals surface area contributed by atoms with Gasteiger partial charge in [0, 0.05) is 56.7 Å². The van der Waals surface area contributed by atoms with Crippen molar-refractivity contribution in [1.82, 2.24) is 14.9 Å². The van der Waals surface area contributed by atoms with Gasteiger partial charge in [0.2, 0.25) is 0 Å².